The number of hydrogen-bond acceptors (Lipinski definition) is 8. The number of tetrazole rings is 1. The summed E-state index contributed by atoms with van der Waals surface area (Å²) in [7, 11) is 0. The van der Waals surface area contributed by atoms with Crippen LogP contribution in [-0.4, -0.2) is 55.2 Å². The van der Waals surface area contributed by atoms with Crippen molar-refractivity contribution in [1.82, 2.24) is 36.1 Å². The van der Waals surface area contributed by atoms with Gasteiger partial charge in [0, 0.05) is 23.6 Å². The Morgan fingerprint density at radius 1 is 0.930 bits per heavy atom. The maximum absolute atomic E-state index is 13.6. The Balaban J connectivity index is 1.20. The van der Waals surface area contributed by atoms with Gasteiger partial charge in [-0.15, -0.1) is 10.2 Å². The first-order valence-electron chi connectivity index (χ1n) is 14.5. The number of nitrogens with zero attached hydrogens (tertiary/aromatic N) is 4. The summed E-state index contributed by atoms with van der Waals surface area (Å²) in [6.07, 6.45) is 3.73. The summed E-state index contributed by atoms with van der Waals surface area (Å²) in [5.74, 6) is 0.844. The van der Waals surface area contributed by atoms with Crippen LogP contribution in [0, 0.1) is 11.8 Å². The molecule has 5 aromatic rings. The van der Waals surface area contributed by atoms with E-state index in [1.807, 2.05) is 42.5 Å². The number of carbonyl (C=O) groups is 2. The van der Waals surface area contributed by atoms with Crippen LogP contribution >= 0.6 is 0 Å². The molecule has 6 rings (SSSR count). The van der Waals surface area contributed by atoms with Gasteiger partial charge in [-0.1, -0.05) is 36.4 Å². The number of rotatable bonds is 9. The second kappa shape index (κ2) is 12.4. The van der Waals surface area contributed by atoms with Crippen LogP contribution in [-0.2, 0) is 16.0 Å². The molecule has 12 nitrogen and oxygen atoms in total. The van der Waals surface area contributed by atoms with Crippen molar-refractivity contribution in [2.24, 2.45) is 17.6 Å². The van der Waals surface area contributed by atoms with Gasteiger partial charge in [0.1, 0.15) is 6.04 Å². The van der Waals surface area contributed by atoms with Gasteiger partial charge in [-0.05, 0) is 90.4 Å². The molecule has 0 aliphatic heterocycles. The number of carbonyl (C=O) groups excluding carboxylic acids is 2. The molecule has 1 unspecified atom stereocenters. The number of fused-ring (bicyclic) bond motifs is 1. The lowest BCUT2D eigenvalue weighted by molar-refractivity contribution is -0.130. The molecule has 2 aromatic heterocycles. The first kappa shape index (κ1) is 28.0. The van der Waals surface area contributed by atoms with Crippen LogP contribution < -0.4 is 22.1 Å². The van der Waals surface area contributed by atoms with Crippen molar-refractivity contribution in [2.75, 3.05) is 17.6 Å². The van der Waals surface area contributed by atoms with Gasteiger partial charge in [0.05, 0.1) is 10.9 Å². The number of benzene rings is 3. The lowest BCUT2D eigenvalue weighted by Crippen LogP contribution is -2.48. The molecule has 220 valence electrons. The molecule has 1 fully saturated rings. The summed E-state index contributed by atoms with van der Waals surface area (Å²) in [5, 5.41) is 27.9. The van der Waals surface area contributed by atoms with Crippen LogP contribution in [0.25, 0.3) is 33.4 Å². The number of nitrogens with two attached hydrogens (primary N) is 2. The molecule has 43 heavy (non-hydrogen) atoms. The van der Waals surface area contributed by atoms with Crippen molar-refractivity contribution in [3.05, 3.63) is 72.3 Å². The van der Waals surface area contributed by atoms with Gasteiger partial charge < -0.3 is 22.1 Å². The van der Waals surface area contributed by atoms with Gasteiger partial charge in [0.2, 0.25) is 17.6 Å². The van der Waals surface area contributed by atoms with E-state index in [1.165, 1.54) is 0 Å². The Morgan fingerprint density at radius 3 is 2.37 bits per heavy atom. The fraction of sp³-hybridized carbons (Fsp3) is 0.290. The topological polar surface area (TPSA) is 193 Å². The SMILES string of the molecule is NCC1CCC(C(=O)NC(Cc2ccc(-c3cccc4[nH]nc(N)c34)cc2)C(=O)Nc2ccc(-c3nn[nH]n3)cc2)CC1. The van der Waals surface area contributed by atoms with Gasteiger partial charge in [-0.3, -0.25) is 14.7 Å². The monoisotopic (exact) mass is 578 g/mol. The molecule has 8 N–H and O–H groups in total. The molecule has 1 atom stereocenters. The van der Waals surface area contributed by atoms with Crippen LogP contribution in [0.2, 0.25) is 0 Å². The zero-order valence-corrected chi connectivity index (χ0v) is 23.6. The number of amides is 2. The zero-order chi connectivity index (χ0) is 29.8. The van der Waals surface area contributed by atoms with Crippen molar-refractivity contribution < 1.29 is 9.59 Å². The van der Waals surface area contributed by atoms with Gasteiger partial charge in [-0.2, -0.15) is 10.3 Å². The standard InChI is InChI=1S/C31H34N10O2/c32-17-19-6-10-22(11-7-19)30(42)35-26(31(43)34-23-14-12-21(13-15-23)29-38-40-41-39-29)16-18-4-8-20(9-5-18)24-2-1-3-25-27(24)28(33)37-36-25/h1-5,8-9,12-15,19,22,26H,6-7,10-11,16-17,32H2,(H,34,43)(H,35,42)(H3,33,36,37)(H,38,39,40,41). The molecular weight excluding hydrogens is 544 g/mol. The molecule has 12 heteroatoms. The molecule has 1 saturated carbocycles. The number of hydrogen-bond donors (Lipinski definition) is 6. The minimum absolute atomic E-state index is 0.0955. The van der Waals surface area contributed by atoms with Crippen LogP contribution in [0.5, 0.6) is 0 Å². The van der Waals surface area contributed by atoms with Gasteiger partial charge in [-0.25, -0.2) is 0 Å². The molecule has 0 saturated heterocycles. The summed E-state index contributed by atoms with van der Waals surface area (Å²) in [5.41, 5.74) is 17.0. The van der Waals surface area contributed by atoms with E-state index in [-0.39, 0.29) is 17.7 Å². The van der Waals surface area contributed by atoms with E-state index in [2.05, 4.69) is 41.5 Å². The van der Waals surface area contributed by atoms with E-state index < -0.39 is 6.04 Å². The fourth-order valence-electron chi connectivity index (χ4n) is 5.77. The zero-order valence-electron chi connectivity index (χ0n) is 23.6. The summed E-state index contributed by atoms with van der Waals surface area (Å²) in [6, 6.07) is 20.2. The maximum Gasteiger partial charge on any atom is 0.247 e. The smallest absolute Gasteiger partial charge is 0.247 e. The quantitative estimate of drug-likeness (QED) is 0.153. The number of H-pyrrole nitrogens is 2. The Kier molecular flexibility index (Phi) is 8.09. The summed E-state index contributed by atoms with van der Waals surface area (Å²) in [4.78, 5) is 26.9. The highest BCUT2D eigenvalue weighted by atomic mass is 16.2. The predicted molar refractivity (Wildman–Crippen MR) is 164 cm³/mol. The third kappa shape index (κ3) is 6.24. The van der Waals surface area contributed by atoms with Crippen molar-refractivity contribution in [2.45, 2.75) is 38.1 Å². The number of aromatic nitrogens is 6. The molecule has 1 aliphatic rings. The highest BCUT2D eigenvalue weighted by molar-refractivity contribution is 6.01. The van der Waals surface area contributed by atoms with Crippen molar-refractivity contribution in [3.63, 3.8) is 0 Å². The minimum atomic E-state index is -0.768. The molecule has 0 radical (unpaired) electrons. The summed E-state index contributed by atoms with van der Waals surface area (Å²) < 4.78 is 0. The number of nitrogens with one attached hydrogen (secondary N) is 4. The Morgan fingerprint density at radius 2 is 1.67 bits per heavy atom. The highest BCUT2D eigenvalue weighted by Crippen LogP contribution is 2.32. The third-order valence-corrected chi connectivity index (χ3v) is 8.26. The molecule has 1 aliphatic carbocycles. The van der Waals surface area contributed by atoms with E-state index in [0.29, 0.717) is 36.2 Å². The normalized spacial score (nSPS) is 17.4. The minimum Gasteiger partial charge on any atom is -0.382 e. The average Bonchev–Trinajstić information content (AvgIpc) is 3.72. The van der Waals surface area contributed by atoms with Crippen LogP contribution in [0.3, 0.4) is 0 Å². The van der Waals surface area contributed by atoms with Crippen LogP contribution in [0.1, 0.15) is 31.2 Å². The molecular formula is C31H34N10O2. The summed E-state index contributed by atoms with van der Waals surface area (Å²) >= 11 is 0. The Labute approximate surface area is 248 Å². The molecule has 0 spiro atoms. The van der Waals surface area contributed by atoms with Crippen molar-refractivity contribution >= 4 is 34.2 Å². The van der Waals surface area contributed by atoms with E-state index in [9.17, 15) is 9.59 Å². The van der Waals surface area contributed by atoms with E-state index in [0.717, 1.165) is 58.8 Å². The number of anilines is 2. The average molecular weight is 579 g/mol. The first-order valence-corrected chi connectivity index (χ1v) is 14.5. The van der Waals surface area contributed by atoms with Gasteiger partial charge in [0.25, 0.3) is 0 Å². The lowest BCUT2D eigenvalue weighted by atomic mass is 9.81. The highest BCUT2D eigenvalue weighted by Gasteiger charge is 2.29. The van der Waals surface area contributed by atoms with Crippen molar-refractivity contribution in [3.8, 4) is 22.5 Å². The van der Waals surface area contributed by atoms with Gasteiger partial charge in [0.15, 0.2) is 5.82 Å². The maximum atomic E-state index is 13.6. The Hall–Kier alpha value is -5.10. The second-order valence-corrected chi connectivity index (χ2v) is 11.1. The summed E-state index contributed by atoms with van der Waals surface area (Å²) in [6.45, 7) is 0.641. The molecule has 2 heterocycles. The number of nitrogen functional groups attached to an aromatic ring is 1. The first-order chi connectivity index (χ1) is 21.0. The molecule has 2 amide bonds. The van der Waals surface area contributed by atoms with E-state index in [1.54, 1.807) is 24.3 Å². The predicted octanol–water partition coefficient (Wildman–Crippen LogP) is 3.42. The molecule has 3 aromatic carbocycles. The van der Waals surface area contributed by atoms with E-state index >= 15 is 0 Å². The lowest BCUT2D eigenvalue weighted by Gasteiger charge is -2.28. The second-order valence-electron chi connectivity index (χ2n) is 11.1. The van der Waals surface area contributed by atoms with Gasteiger partial charge >= 0.3 is 0 Å². The third-order valence-electron chi connectivity index (χ3n) is 8.26. The van der Waals surface area contributed by atoms with Crippen LogP contribution in [0.4, 0.5) is 11.5 Å². The molecule has 0 bridgehead atoms. The fourth-order valence-corrected chi connectivity index (χ4v) is 5.77. The number of aromatic amines is 2. The van der Waals surface area contributed by atoms with E-state index in [4.69, 9.17) is 11.5 Å². The largest absolute Gasteiger partial charge is 0.382 e. The van der Waals surface area contributed by atoms with Crippen molar-refractivity contribution in [1.29, 1.82) is 0 Å². The Bertz CT molecular complexity index is 1690. The van der Waals surface area contributed by atoms with Crippen LogP contribution in [0.15, 0.2) is 66.7 Å².